The predicted octanol–water partition coefficient (Wildman–Crippen LogP) is 6.75. The van der Waals surface area contributed by atoms with Crippen LogP contribution in [0.4, 0.5) is 52.7 Å². The lowest BCUT2D eigenvalue weighted by Gasteiger charge is -2.14. The third-order valence-corrected chi connectivity index (χ3v) is 3.73. The molecule has 2 nitrogen and oxygen atoms in total. The van der Waals surface area contributed by atoms with Gasteiger partial charge in [0.25, 0.3) is 0 Å². The highest BCUT2D eigenvalue weighted by molar-refractivity contribution is 5.77. The first-order chi connectivity index (χ1) is 14.3. The van der Waals surface area contributed by atoms with Gasteiger partial charge in [0.15, 0.2) is 6.29 Å². The molecule has 0 amide bonds. The first-order valence-electron chi connectivity index (χ1n) is 7.94. The Hall–Kier alpha value is -2.77. The smallest absolute Gasteiger partial charge is 0.392 e. The van der Waals surface area contributed by atoms with Gasteiger partial charge in [-0.2, -0.15) is 52.7 Å². The van der Waals surface area contributed by atoms with Gasteiger partial charge >= 0.3 is 24.7 Å². The average Bonchev–Trinajstić information content (AvgIpc) is 2.64. The molecule has 2 aromatic rings. The van der Waals surface area contributed by atoms with Gasteiger partial charge in [-0.05, 0) is 29.8 Å². The fraction of sp³-hybridized carbons (Fsp3) is 0.278. The minimum absolute atomic E-state index is 0.00838. The van der Waals surface area contributed by atoms with E-state index in [0.717, 1.165) is 0 Å². The van der Waals surface area contributed by atoms with Crippen LogP contribution in [-0.4, -0.2) is 11.4 Å². The molecule has 0 fully saturated rings. The molecule has 0 saturated carbocycles. The standard InChI is InChI=1S/C9H6F6O.C9H4F6O/c2*10-8(11,12)6-2-1-5(4-16)7(3-6)9(13,14)15/h1-3,16H,4H2;1-4H. The summed E-state index contributed by atoms with van der Waals surface area (Å²) in [5, 5.41) is 8.59. The Morgan fingerprint density at radius 3 is 1.38 bits per heavy atom. The van der Waals surface area contributed by atoms with Gasteiger partial charge in [0, 0.05) is 5.56 Å². The number of hydrogen-bond donors (Lipinski definition) is 1. The van der Waals surface area contributed by atoms with Gasteiger partial charge in [0.1, 0.15) is 0 Å². The quantitative estimate of drug-likeness (QED) is 0.377. The zero-order valence-electron chi connectivity index (χ0n) is 15.1. The maximum Gasteiger partial charge on any atom is 0.417 e. The fourth-order valence-corrected chi connectivity index (χ4v) is 2.24. The van der Waals surface area contributed by atoms with Crippen molar-refractivity contribution in [2.24, 2.45) is 0 Å². The Morgan fingerprint density at radius 2 is 1.03 bits per heavy atom. The van der Waals surface area contributed by atoms with Crippen LogP contribution >= 0.6 is 0 Å². The summed E-state index contributed by atoms with van der Waals surface area (Å²) in [6.07, 6.45) is -19.8. The van der Waals surface area contributed by atoms with Crippen molar-refractivity contribution in [3.63, 3.8) is 0 Å². The maximum absolute atomic E-state index is 12.3. The van der Waals surface area contributed by atoms with E-state index in [-0.39, 0.29) is 18.4 Å². The van der Waals surface area contributed by atoms with Crippen LogP contribution in [0.15, 0.2) is 36.4 Å². The Kier molecular flexibility index (Phi) is 7.99. The summed E-state index contributed by atoms with van der Waals surface area (Å²) in [5.74, 6) is 0. The summed E-state index contributed by atoms with van der Waals surface area (Å²) in [6.45, 7) is -0.965. The first-order valence-corrected chi connectivity index (χ1v) is 7.94. The normalized spacial score (nSPS) is 12.8. The van der Waals surface area contributed by atoms with Crippen LogP contribution in [0.5, 0.6) is 0 Å². The van der Waals surface area contributed by atoms with E-state index in [1.165, 1.54) is 0 Å². The summed E-state index contributed by atoms with van der Waals surface area (Å²) in [5.41, 5.74) is -7.29. The summed E-state index contributed by atoms with van der Waals surface area (Å²) in [4.78, 5) is 10.3. The van der Waals surface area contributed by atoms with E-state index in [9.17, 15) is 57.5 Å². The molecule has 2 aromatic carbocycles. The van der Waals surface area contributed by atoms with Crippen molar-refractivity contribution in [3.8, 4) is 0 Å². The molecule has 1 N–H and O–H groups in total. The molecule has 0 aliphatic rings. The number of alkyl halides is 12. The highest BCUT2D eigenvalue weighted by atomic mass is 19.4. The third kappa shape index (κ3) is 7.14. The highest BCUT2D eigenvalue weighted by Gasteiger charge is 2.39. The maximum atomic E-state index is 12.3. The second kappa shape index (κ2) is 9.38. The Morgan fingerprint density at radius 1 is 0.625 bits per heavy atom. The zero-order valence-corrected chi connectivity index (χ0v) is 15.1. The number of carbonyl (C=O) groups is 1. The van der Waals surface area contributed by atoms with E-state index < -0.39 is 64.7 Å². The van der Waals surface area contributed by atoms with Gasteiger partial charge in [-0.1, -0.05) is 12.1 Å². The van der Waals surface area contributed by atoms with Crippen LogP contribution in [0.1, 0.15) is 38.2 Å². The number of aliphatic hydroxyl groups is 1. The average molecular weight is 486 g/mol. The summed E-state index contributed by atoms with van der Waals surface area (Å²) in [7, 11) is 0. The van der Waals surface area contributed by atoms with E-state index in [1.807, 2.05) is 0 Å². The molecule has 2 rings (SSSR count). The van der Waals surface area contributed by atoms with E-state index in [0.29, 0.717) is 24.3 Å². The van der Waals surface area contributed by atoms with Crippen LogP contribution in [-0.2, 0) is 31.3 Å². The SMILES string of the molecule is O=Cc1ccc(C(F)(F)F)cc1C(F)(F)F.OCc1ccc(C(F)(F)F)cc1C(F)(F)F. The van der Waals surface area contributed by atoms with Crippen molar-refractivity contribution < 1.29 is 62.6 Å². The second-order valence-corrected chi connectivity index (χ2v) is 5.94. The van der Waals surface area contributed by atoms with Crippen LogP contribution in [0.3, 0.4) is 0 Å². The molecule has 32 heavy (non-hydrogen) atoms. The molecule has 0 bridgehead atoms. The molecular formula is C18H10F12O2. The molecule has 0 radical (unpaired) electrons. The molecular weight excluding hydrogens is 476 g/mol. The lowest BCUT2D eigenvalue weighted by Crippen LogP contribution is -2.13. The van der Waals surface area contributed by atoms with Crippen molar-refractivity contribution in [1.29, 1.82) is 0 Å². The van der Waals surface area contributed by atoms with Crippen LogP contribution < -0.4 is 0 Å². The molecule has 0 unspecified atom stereocenters. The van der Waals surface area contributed by atoms with Gasteiger partial charge in [-0.15, -0.1) is 0 Å². The number of rotatable bonds is 2. The Labute approximate surface area is 171 Å². The summed E-state index contributed by atoms with van der Waals surface area (Å²) < 4.78 is 147. The molecule has 0 heterocycles. The van der Waals surface area contributed by atoms with E-state index in [4.69, 9.17) is 5.11 Å². The molecule has 0 spiro atoms. The molecule has 178 valence electrons. The van der Waals surface area contributed by atoms with E-state index in [2.05, 4.69) is 0 Å². The van der Waals surface area contributed by atoms with Crippen LogP contribution in [0.2, 0.25) is 0 Å². The van der Waals surface area contributed by atoms with E-state index >= 15 is 0 Å². The second-order valence-electron chi connectivity index (χ2n) is 5.94. The number of halogens is 12. The number of aliphatic hydroxyl groups excluding tert-OH is 1. The molecule has 0 atom stereocenters. The fourth-order valence-electron chi connectivity index (χ4n) is 2.24. The molecule has 0 saturated heterocycles. The minimum Gasteiger partial charge on any atom is -0.392 e. The largest absolute Gasteiger partial charge is 0.417 e. The molecule has 0 aliphatic heterocycles. The minimum atomic E-state index is -4.99. The van der Waals surface area contributed by atoms with Crippen molar-refractivity contribution in [2.75, 3.05) is 0 Å². The van der Waals surface area contributed by atoms with Crippen LogP contribution in [0, 0.1) is 0 Å². The van der Waals surface area contributed by atoms with Crippen molar-refractivity contribution in [2.45, 2.75) is 31.3 Å². The van der Waals surface area contributed by atoms with E-state index in [1.54, 1.807) is 0 Å². The predicted molar refractivity (Wildman–Crippen MR) is 84.2 cm³/mol. The lowest BCUT2D eigenvalue weighted by atomic mass is 10.0. The Balaban J connectivity index is 0.000000320. The number of benzene rings is 2. The third-order valence-electron chi connectivity index (χ3n) is 3.73. The topological polar surface area (TPSA) is 37.3 Å². The van der Waals surface area contributed by atoms with Crippen LogP contribution in [0.25, 0.3) is 0 Å². The van der Waals surface area contributed by atoms with Gasteiger partial charge < -0.3 is 5.11 Å². The monoisotopic (exact) mass is 486 g/mol. The number of hydrogen-bond acceptors (Lipinski definition) is 2. The first kappa shape index (κ1) is 27.3. The molecule has 0 aliphatic carbocycles. The van der Waals surface area contributed by atoms with Crippen molar-refractivity contribution in [1.82, 2.24) is 0 Å². The molecule has 0 aromatic heterocycles. The van der Waals surface area contributed by atoms with Crippen molar-refractivity contribution in [3.05, 3.63) is 69.8 Å². The lowest BCUT2D eigenvalue weighted by molar-refractivity contribution is -0.145. The summed E-state index contributed by atoms with van der Waals surface area (Å²) >= 11 is 0. The Bertz CT molecular complexity index is 937. The van der Waals surface area contributed by atoms with Gasteiger partial charge in [0.2, 0.25) is 0 Å². The van der Waals surface area contributed by atoms with Gasteiger partial charge in [-0.25, -0.2) is 0 Å². The van der Waals surface area contributed by atoms with Gasteiger partial charge in [0.05, 0.1) is 28.9 Å². The number of aldehydes is 1. The van der Waals surface area contributed by atoms with Gasteiger partial charge in [-0.3, -0.25) is 4.79 Å². The van der Waals surface area contributed by atoms with Crippen molar-refractivity contribution >= 4 is 6.29 Å². The zero-order chi connectivity index (χ0) is 25.1. The highest BCUT2D eigenvalue weighted by Crippen LogP contribution is 2.38. The summed E-state index contributed by atoms with van der Waals surface area (Å²) in [6, 6.07) is 1.96. The number of carbonyl (C=O) groups excluding carboxylic acids is 1. The molecule has 14 heteroatoms.